The zero-order valence-corrected chi connectivity index (χ0v) is 16.6. The van der Waals surface area contributed by atoms with Crippen LogP contribution >= 0.6 is 0 Å². The molecular weight excluding hydrogens is 376 g/mol. The van der Waals surface area contributed by atoms with Crippen molar-refractivity contribution in [2.24, 2.45) is 5.92 Å². The first-order valence-electron chi connectivity index (χ1n) is 9.49. The number of piperidine rings is 1. The molecule has 2 aliphatic rings. The Balaban J connectivity index is 1.32. The number of carbonyl (C=O) groups excluding carboxylic acids is 1. The van der Waals surface area contributed by atoms with Gasteiger partial charge in [-0.15, -0.1) is 0 Å². The van der Waals surface area contributed by atoms with E-state index in [-0.39, 0.29) is 35.4 Å². The number of carbonyl (C=O) groups is 1. The van der Waals surface area contributed by atoms with E-state index in [0.717, 1.165) is 12.0 Å². The summed E-state index contributed by atoms with van der Waals surface area (Å²) in [6.45, 7) is 2.58. The number of benzene rings is 2. The Labute approximate surface area is 165 Å². The van der Waals surface area contributed by atoms with Gasteiger partial charge in [-0.3, -0.25) is 4.79 Å². The van der Waals surface area contributed by atoms with Crippen molar-refractivity contribution in [3.05, 3.63) is 60.2 Å². The fraction of sp³-hybridized carbons (Fsp3) is 0.381. The number of aryl methyl sites for hydroxylation is 1. The minimum absolute atomic E-state index is 0.00664. The molecular formula is C21H24N2O4S. The van der Waals surface area contributed by atoms with Gasteiger partial charge in [0.2, 0.25) is 10.0 Å². The molecule has 4 rings (SSSR count). The van der Waals surface area contributed by atoms with Crippen LogP contribution in [0.1, 0.15) is 18.4 Å². The molecule has 0 aromatic heterocycles. The van der Waals surface area contributed by atoms with Gasteiger partial charge in [-0.05, 0) is 49.9 Å². The predicted molar refractivity (Wildman–Crippen MR) is 105 cm³/mol. The molecule has 28 heavy (non-hydrogen) atoms. The summed E-state index contributed by atoms with van der Waals surface area (Å²) in [5.74, 6) is 0.779. The Morgan fingerprint density at radius 1 is 1.11 bits per heavy atom. The molecule has 1 amide bonds. The van der Waals surface area contributed by atoms with Crippen LogP contribution < -0.4 is 9.46 Å². The molecule has 1 aliphatic heterocycles. The van der Waals surface area contributed by atoms with E-state index in [1.807, 2.05) is 36.1 Å². The molecule has 6 nitrogen and oxygen atoms in total. The highest BCUT2D eigenvalue weighted by Gasteiger charge is 2.47. The molecule has 2 bridgehead atoms. The van der Waals surface area contributed by atoms with Gasteiger partial charge in [0.05, 0.1) is 4.90 Å². The average molecular weight is 401 g/mol. The molecule has 2 aromatic carbocycles. The number of fused-ring (bicyclic) bond motifs is 2. The minimum Gasteiger partial charge on any atom is -0.484 e. The molecule has 3 atom stereocenters. The lowest BCUT2D eigenvalue weighted by molar-refractivity contribution is -0.135. The highest BCUT2D eigenvalue weighted by molar-refractivity contribution is 7.89. The van der Waals surface area contributed by atoms with Gasteiger partial charge >= 0.3 is 0 Å². The maximum Gasteiger partial charge on any atom is 0.260 e. The molecule has 1 saturated heterocycles. The van der Waals surface area contributed by atoms with Gasteiger partial charge in [-0.1, -0.05) is 35.9 Å². The third-order valence-electron chi connectivity index (χ3n) is 5.61. The number of sulfonamides is 1. The van der Waals surface area contributed by atoms with Crippen LogP contribution in [0, 0.1) is 12.8 Å². The van der Waals surface area contributed by atoms with Crippen molar-refractivity contribution < 1.29 is 17.9 Å². The maximum absolute atomic E-state index is 12.6. The van der Waals surface area contributed by atoms with Crippen LogP contribution in [-0.4, -0.2) is 44.5 Å². The lowest BCUT2D eigenvalue weighted by Crippen LogP contribution is -2.48. The number of amides is 1. The smallest absolute Gasteiger partial charge is 0.260 e. The number of rotatable bonds is 6. The standard InChI is InChI=1S/C21H24N2O4S/c1-15-7-9-18(10-8-15)27-14-21(24)23-13-16-11-17(23)12-20(16)22-28(25,26)19-5-3-2-4-6-19/h2-10,16-17,20,22H,11-14H2,1H3. The normalized spacial score (nSPS) is 23.8. The molecule has 3 unspecified atom stereocenters. The summed E-state index contributed by atoms with van der Waals surface area (Å²) in [6, 6.07) is 15.9. The van der Waals surface area contributed by atoms with Gasteiger partial charge in [0.15, 0.2) is 6.61 Å². The van der Waals surface area contributed by atoms with E-state index >= 15 is 0 Å². The fourth-order valence-corrected chi connectivity index (χ4v) is 5.47. The summed E-state index contributed by atoms with van der Waals surface area (Å²) in [5.41, 5.74) is 1.14. The van der Waals surface area contributed by atoms with E-state index < -0.39 is 10.0 Å². The molecule has 0 spiro atoms. The second kappa shape index (κ2) is 7.56. The Morgan fingerprint density at radius 2 is 1.82 bits per heavy atom. The van der Waals surface area contributed by atoms with Crippen molar-refractivity contribution in [1.29, 1.82) is 0 Å². The monoisotopic (exact) mass is 400 g/mol. The SMILES string of the molecule is Cc1ccc(OCC(=O)N2CC3CC2CC3NS(=O)(=O)c2ccccc2)cc1. The molecule has 2 aromatic rings. The molecule has 0 radical (unpaired) electrons. The minimum atomic E-state index is -3.53. The zero-order chi connectivity index (χ0) is 19.7. The van der Waals surface area contributed by atoms with Crippen molar-refractivity contribution in [1.82, 2.24) is 9.62 Å². The number of hydrogen-bond acceptors (Lipinski definition) is 4. The molecule has 2 fully saturated rings. The Kier molecular flexibility index (Phi) is 5.12. The van der Waals surface area contributed by atoms with E-state index in [0.29, 0.717) is 18.7 Å². The topological polar surface area (TPSA) is 75.7 Å². The maximum atomic E-state index is 12.6. The summed E-state index contributed by atoms with van der Waals surface area (Å²) in [6.07, 6.45) is 1.48. The predicted octanol–water partition coefficient (Wildman–Crippen LogP) is 2.34. The highest BCUT2D eigenvalue weighted by atomic mass is 32.2. The Morgan fingerprint density at radius 3 is 2.46 bits per heavy atom. The zero-order valence-electron chi connectivity index (χ0n) is 15.7. The third-order valence-corrected chi connectivity index (χ3v) is 7.11. The number of ether oxygens (including phenoxy) is 1. The molecule has 1 aliphatic carbocycles. The van der Waals surface area contributed by atoms with Crippen LogP contribution in [0.2, 0.25) is 0 Å². The fourth-order valence-electron chi connectivity index (χ4n) is 4.13. The first kappa shape index (κ1) is 19.0. The van der Waals surface area contributed by atoms with Crippen LogP contribution in [0.15, 0.2) is 59.5 Å². The van der Waals surface area contributed by atoms with Gasteiger partial charge in [-0.2, -0.15) is 0 Å². The number of nitrogens with zero attached hydrogens (tertiary/aromatic N) is 1. The average Bonchev–Trinajstić information content (AvgIpc) is 3.28. The molecule has 1 heterocycles. The van der Waals surface area contributed by atoms with Crippen molar-refractivity contribution in [2.75, 3.05) is 13.2 Å². The van der Waals surface area contributed by atoms with Crippen molar-refractivity contribution >= 4 is 15.9 Å². The van der Waals surface area contributed by atoms with Crippen LogP contribution in [0.25, 0.3) is 0 Å². The van der Waals surface area contributed by atoms with Crippen molar-refractivity contribution in [3.8, 4) is 5.75 Å². The van der Waals surface area contributed by atoms with Gasteiger partial charge in [0.1, 0.15) is 5.75 Å². The van der Waals surface area contributed by atoms with Crippen LogP contribution in [0.5, 0.6) is 5.75 Å². The Hall–Kier alpha value is -2.38. The van der Waals surface area contributed by atoms with E-state index in [1.54, 1.807) is 30.3 Å². The first-order valence-corrected chi connectivity index (χ1v) is 11.0. The number of hydrogen-bond donors (Lipinski definition) is 1. The van der Waals surface area contributed by atoms with Gasteiger partial charge < -0.3 is 9.64 Å². The van der Waals surface area contributed by atoms with Crippen LogP contribution in [0.3, 0.4) is 0 Å². The van der Waals surface area contributed by atoms with Gasteiger partial charge in [0, 0.05) is 18.6 Å². The summed E-state index contributed by atoms with van der Waals surface area (Å²) in [5, 5.41) is 0. The van der Waals surface area contributed by atoms with Crippen LogP contribution in [-0.2, 0) is 14.8 Å². The summed E-state index contributed by atoms with van der Waals surface area (Å²) >= 11 is 0. The lowest BCUT2D eigenvalue weighted by Gasteiger charge is -2.31. The van der Waals surface area contributed by atoms with E-state index in [2.05, 4.69) is 4.72 Å². The first-order chi connectivity index (χ1) is 13.4. The van der Waals surface area contributed by atoms with Gasteiger partial charge in [-0.25, -0.2) is 13.1 Å². The lowest BCUT2D eigenvalue weighted by atomic mass is 10.0. The van der Waals surface area contributed by atoms with Crippen molar-refractivity contribution in [3.63, 3.8) is 0 Å². The molecule has 1 saturated carbocycles. The van der Waals surface area contributed by atoms with E-state index in [4.69, 9.17) is 4.74 Å². The highest BCUT2D eigenvalue weighted by Crippen LogP contribution is 2.38. The third kappa shape index (κ3) is 3.91. The summed E-state index contributed by atoms with van der Waals surface area (Å²) < 4.78 is 33.5. The summed E-state index contributed by atoms with van der Waals surface area (Å²) in [4.78, 5) is 14.7. The molecule has 7 heteroatoms. The van der Waals surface area contributed by atoms with Crippen LogP contribution in [0.4, 0.5) is 0 Å². The largest absolute Gasteiger partial charge is 0.484 e. The quantitative estimate of drug-likeness (QED) is 0.808. The number of nitrogens with one attached hydrogen (secondary N) is 1. The molecule has 148 valence electrons. The second-order valence-corrected chi connectivity index (χ2v) is 9.29. The summed E-state index contributed by atoms with van der Waals surface area (Å²) in [7, 11) is -3.53. The Bertz CT molecular complexity index is 944. The number of likely N-dealkylation sites (tertiary alicyclic amines) is 1. The van der Waals surface area contributed by atoms with Crippen molar-refractivity contribution in [2.45, 2.75) is 36.7 Å². The van der Waals surface area contributed by atoms with Gasteiger partial charge in [0.25, 0.3) is 5.91 Å². The van der Waals surface area contributed by atoms with E-state index in [9.17, 15) is 13.2 Å². The molecule has 1 N–H and O–H groups in total. The van der Waals surface area contributed by atoms with E-state index in [1.165, 1.54) is 0 Å². The second-order valence-electron chi connectivity index (χ2n) is 7.57.